The van der Waals surface area contributed by atoms with Crippen LogP contribution in [0.2, 0.25) is 0 Å². The Labute approximate surface area is 108 Å². The standard InChI is InChI=1S/C17H30/c1-5-15(6-2)13(3)7-8-14-9-10-17(4)12-16(17)11-14/h14-16H,3,5-12H2,1-2,4H3. The number of hydrogen-bond donors (Lipinski definition) is 0. The summed E-state index contributed by atoms with van der Waals surface area (Å²) in [5.41, 5.74) is 2.31. The van der Waals surface area contributed by atoms with Crippen molar-refractivity contribution < 1.29 is 0 Å². The zero-order chi connectivity index (χ0) is 12.5. The molecule has 0 bridgehead atoms. The number of rotatable bonds is 6. The molecule has 2 saturated carbocycles. The maximum atomic E-state index is 4.32. The summed E-state index contributed by atoms with van der Waals surface area (Å²) in [4.78, 5) is 0. The molecule has 2 fully saturated rings. The maximum absolute atomic E-state index is 4.32. The average Bonchev–Trinajstić information content (AvgIpc) is 2.99. The molecule has 0 aromatic rings. The molecule has 0 spiro atoms. The van der Waals surface area contributed by atoms with Crippen molar-refractivity contribution in [1.29, 1.82) is 0 Å². The van der Waals surface area contributed by atoms with Gasteiger partial charge in [-0.25, -0.2) is 0 Å². The number of allylic oxidation sites excluding steroid dienone is 1. The molecule has 17 heavy (non-hydrogen) atoms. The van der Waals surface area contributed by atoms with Gasteiger partial charge in [-0.15, -0.1) is 0 Å². The van der Waals surface area contributed by atoms with Crippen LogP contribution in [0.3, 0.4) is 0 Å². The molecule has 3 atom stereocenters. The van der Waals surface area contributed by atoms with Gasteiger partial charge in [-0.3, -0.25) is 0 Å². The van der Waals surface area contributed by atoms with E-state index in [0.717, 1.165) is 23.2 Å². The van der Waals surface area contributed by atoms with Gasteiger partial charge in [0.15, 0.2) is 0 Å². The maximum Gasteiger partial charge on any atom is -0.0211 e. The Morgan fingerprint density at radius 2 is 2.06 bits per heavy atom. The Kier molecular flexibility index (Phi) is 4.00. The first-order valence-electron chi connectivity index (χ1n) is 7.76. The average molecular weight is 234 g/mol. The molecule has 0 amide bonds. The fraction of sp³-hybridized carbons (Fsp3) is 0.882. The van der Waals surface area contributed by atoms with Crippen molar-refractivity contribution in [2.24, 2.45) is 23.2 Å². The van der Waals surface area contributed by atoms with Gasteiger partial charge in [-0.05, 0) is 74.5 Å². The molecule has 0 radical (unpaired) electrons. The third-order valence-corrected chi connectivity index (χ3v) is 5.72. The minimum absolute atomic E-state index is 0.781. The predicted octanol–water partition coefficient (Wildman–Crippen LogP) is 5.59. The van der Waals surface area contributed by atoms with E-state index in [9.17, 15) is 0 Å². The van der Waals surface area contributed by atoms with E-state index in [2.05, 4.69) is 27.4 Å². The van der Waals surface area contributed by atoms with Gasteiger partial charge in [-0.2, -0.15) is 0 Å². The Balaban J connectivity index is 1.70. The predicted molar refractivity (Wildman–Crippen MR) is 76.0 cm³/mol. The van der Waals surface area contributed by atoms with Crippen molar-refractivity contribution in [2.45, 2.75) is 72.1 Å². The van der Waals surface area contributed by atoms with Crippen molar-refractivity contribution in [3.05, 3.63) is 12.2 Å². The lowest BCUT2D eigenvalue weighted by molar-refractivity contribution is 0.265. The van der Waals surface area contributed by atoms with E-state index in [1.54, 1.807) is 0 Å². The van der Waals surface area contributed by atoms with Gasteiger partial charge in [0.25, 0.3) is 0 Å². The van der Waals surface area contributed by atoms with Gasteiger partial charge < -0.3 is 0 Å². The molecule has 0 N–H and O–H groups in total. The van der Waals surface area contributed by atoms with Crippen LogP contribution in [0.25, 0.3) is 0 Å². The van der Waals surface area contributed by atoms with Gasteiger partial charge in [0.2, 0.25) is 0 Å². The second-order valence-electron chi connectivity index (χ2n) is 6.91. The topological polar surface area (TPSA) is 0 Å². The largest absolute Gasteiger partial charge is 0.0996 e. The molecule has 2 aliphatic rings. The first kappa shape index (κ1) is 13.2. The van der Waals surface area contributed by atoms with E-state index in [0.29, 0.717) is 0 Å². The normalized spacial score (nSPS) is 35.8. The molecule has 98 valence electrons. The van der Waals surface area contributed by atoms with Crippen LogP contribution in [-0.4, -0.2) is 0 Å². The van der Waals surface area contributed by atoms with E-state index >= 15 is 0 Å². The summed E-state index contributed by atoms with van der Waals surface area (Å²) in [5, 5.41) is 0. The molecule has 0 heterocycles. The molecule has 2 rings (SSSR count). The zero-order valence-corrected chi connectivity index (χ0v) is 12.1. The number of fused-ring (bicyclic) bond motifs is 1. The van der Waals surface area contributed by atoms with Crippen molar-refractivity contribution in [3.63, 3.8) is 0 Å². The van der Waals surface area contributed by atoms with E-state index in [1.807, 2.05) is 0 Å². The Morgan fingerprint density at radius 1 is 1.35 bits per heavy atom. The smallest absolute Gasteiger partial charge is 0.0211 e. The van der Waals surface area contributed by atoms with Crippen molar-refractivity contribution >= 4 is 0 Å². The van der Waals surface area contributed by atoms with E-state index in [-0.39, 0.29) is 0 Å². The van der Waals surface area contributed by atoms with Crippen LogP contribution in [0, 0.1) is 23.2 Å². The van der Waals surface area contributed by atoms with Gasteiger partial charge in [0.05, 0.1) is 0 Å². The van der Waals surface area contributed by atoms with Crippen molar-refractivity contribution in [1.82, 2.24) is 0 Å². The third kappa shape index (κ3) is 2.95. The van der Waals surface area contributed by atoms with Gasteiger partial charge in [0.1, 0.15) is 0 Å². The molecule has 0 saturated heterocycles. The Morgan fingerprint density at radius 3 is 2.65 bits per heavy atom. The highest BCUT2D eigenvalue weighted by Crippen LogP contribution is 2.62. The molecule has 0 heteroatoms. The highest BCUT2D eigenvalue weighted by Gasteiger charge is 2.52. The van der Waals surface area contributed by atoms with Crippen LogP contribution in [0.4, 0.5) is 0 Å². The summed E-state index contributed by atoms with van der Waals surface area (Å²) < 4.78 is 0. The summed E-state index contributed by atoms with van der Waals surface area (Å²) in [6, 6.07) is 0. The highest BCUT2D eigenvalue weighted by molar-refractivity contribution is 5.04. The summed E-state index contributed by atoms with van der Waals surface area (Å²) in [7, 11) is 0. The lowest BCUT2D eigenvalue weighted by Crippen LogP contribution is -2.14. The second-order valence-corrected chi connectivity index (χ2v) is 6.91. The van der Waals surface area contributed by atoms with Crippen LogP contribution >= 0.6 is 0 Å². The fourth-order valence-electron chi connectivity index (χ4n) is 3.95. The number of hydrogen-bond acceptors (Lipinski definition) is 0. The van der Waals surface area contributed by atoms with E-state index in [4.69, 9.17) is 0 Å². The molecule has 2 aliphatic carbocycles. The summed E-state index contributed by atoms with van der Waals surface area (Å²) in [6.07, 6.45) is 11.3. The van der Waals surface area contributed by atoms with Crippen LogP contribution in [0.1, 0.15) is 72.1 Å². The fourth-order valence-corrected chi connectivity index (χ4v) is 3.95. The van der Waals surface area contributed by atoms with Crippen molar-refractivity contribution in [2.75, 3.05) is 0 Å². The molecule has 0 aliphatic heterocycles. The summed E-state index contributed by atoms with van der Waals surface area (Å²) >= 11 is 0. The lowest BCUT2D eigenvalue weighted by Gasteiger charge is -2.26. The van der Waals surface area contributed by atoms with Crippen molar-refractivity contribution in [3.8, 4) is 0 Å². The van der Waals surface area contributed by atoms with Crippen LogP contribution in [0.15, 0.2) is 12.2 Å². The second kappa shape index (κ2) is 5.16. The van der Waals surface area contributed by atoms with Gasteiger partial charge >= 0.3 is 0 Å². The highest BCUT2D eigenvalue weighted by atomic mass is 14.6. The molecule has 3 unspecified atom stereocenters. The quantitative estimate of drug-likeness (QED) is 0.526. The monoisotopic (exact) mass is 234 g/mol. The first-order valence-corrected chi connectivity index (χ1v) is 7.76. The van der Waals surface area contributed by atoms with Crippen LogP contribution in [0.5, 0.6) is 0 Å². The first-order chi connectivity index (χ1) is 8.09. The third-order valence-electron chi connectivity index (χ3n) is 5.72. The minimum Gasteiger partial charge on any atom is -0.0996 e. The van der Waals surface area contributed by atoms with Crippen LogP contribution in [-0.2, 0) is 0 Å². The molecular weight excluding hydrogens is 204 g/mol. The summed E-state index contributed by atoms with van der Waals surface area (Å²) in [5.74, 6) is 2.88. The minimum atomic E-state index is 0.781. The SMILES string of the molecule is C=C(CCC1CCC2(C)CC2C1)C(CC)CC. The van der Waals surface area contributed by atoms with Gasteiger partial charge in [0, 0.05) is 0 Å². The molecule has 0 aromatic heterocycles. The van der Waals surface area contributed by atoms with Crippen LogP contribution < -0.4 is 0 Å². The zero-order valence-electron chi connectivity index (χ0n) is 12.1. The van der Waals surface area contributed by atoms with E-state index in [1.165, 1.54) is 56.9 Å². The Bertz CT molecular complexity index is 274. The molecule has 0 aromatic carbocycles. The van der Waals surface area contributed by atoms with E-state index < -0.39 is 0 Å². The molecular formula is C17H30. The molecule has 0 nitrogen and oxygen atoms in total. The summed E-state index contributed by atoms with van der Waals surface area (Å²) in [6.45, 7) is 11.4. The Hall–Kier alpha value is -0.260. The lowest BCUT2D eigenvalue weighted by atomic mass is 9.79. The van der Waals surface area contributed by atoms with Gasteiger partial charge in [-0.1, -0.05) is 32.9 Å².